The molecule has 0 N–H and O–H groups in total. The third kappa shape index (κ3) is 1.98. The molecule has 2 heterocycles. The van der Waals surface area contributed by atoms with E-state index >= 15 is 0 Å². The van der Waals surface area contributed by atoms with Crippen LogP contribution in [0.3, 0.4) is 0 Å². The van der Waals surface area contributed by atoms with Crippen LogP contribution in [0, 0.1) is 9.49 Å². The molecule has 0 bridgehead atoms. The summed E-state index contributed by atoms with van der Waals surface area (Å²) < 4.78 is 8.49. The maximum Gasteiger partial charge on any atom is 0.0623 e. The molecule has 66 valence electrons. The predicted octanol–water partition coefficient (Wildman–Crippen LogP) is 1.52. The van der Waals surface area contributed by atoms with Crippen molar-refractivity contribution in [1.82, 2.24) is 9.78 Å². The van der Waals surface area contributed by atoms with Crippen molar-refractivity contribution in [2.75, 3.05) is 13.2 Å². The van der Waals surface area contributed by atoms with Gasteiger partial charge in [-0.25, -0.2) is 0 Å². The van der Waals surface area contributed by atoms with Crippen molar-refractivity contribution in [3.05, 3.63) is 16.0 Å². The Hall–Kier alpha value is -0.100. The van der Waals surface area contributed by atoms with E-state index in [-0.39, 0.29) is 0 Å². The summed E-state index contributed by atoms with van der Waals surface area (Å²) in [4.78, 5) is 0. The van der Waals surface area contributed by atoms with Crippen molar-refractivity contribution in [2.24, 2.45) is 5.92 Å². The average Bonchev–Trinajstić information content (AvgIpc) is 2.63. The molecule has 3 nitrogen and oxygen atoms in total. The molecule has 12 heavy (non-hydrogen) atoms. The first kappa shape index (κ1) is 8.50. The van der Waals surface area contributed by atoms with Gasteiger partial charge in [-0.1, -0.05) is 0 Å². The zero-order valence-corrected chi connectivity index (χ0v) is 8.90. The topological polar surface area (TPSA) is 27.1 Å². The smallest absolute Gasteiger partial charge is 0.0623 e. The lowest BCUT2D eigenvalue weighted by Crippen LogP contribution is -2.10. The predicted molar refractivity (Wildman–Crippen MR) is 53.9 cm³/mol. The van der Waals surface area contributed by atoms with Gasteiger partial charge >= 0.3 is 0 Å². The van der Waals surface area contributed by atoms with Gasteiger partial charge in [-0.15, -0.1) is 0 Å². The number of aromatic nitrogens is 2. The number of rotatable bonds is 2. The van der Waals surface area contributed by atoms with Gasteiger partial charge in [-0.3, -0.25) is 4.68 Å². The molecule has 1 atom stereocenters. The van der Waals surface area contributed by atoms with Crippen LogP contribution in [-0.2, 0) is 11.3 Å². The van der Waals surface area contributed by atoms with Crippen LogP contribution in [0.4, 0.5) is 0 Å². The minimum Gasteiger partial charge on any atom is -0.381 e. The van der Waals surface area contributed by atoms with E-state index in [1.807, 2.05) is 10.9 Å². The molecule has 0 unspecified atom stereocenters. The van der Waals surface area contributed by atoms with Crippen molar-refractivity contribution >= 4 is 22.6 Å². The minimum atomic E-state index is 0.667. The van der Waals surface area contributed by atoms with Gasteiger partial charge in [0.05, 0.1) is 16.4 Å². The van der Waals surface area contributed by atoms with E-state index in [1.54, 1.807) is 0 Å². The summed E-state index contributed by atoms with van der Waals surface area (Å²) in [5.74, 6) is 0.667. The summed E-state index contributed by atoms with van der Waals surface area (Å²) in [7, 11) is 0. The molecule has 2 rings (SSSR count). The van der Waals surface area contributed by atoms with Crippen molar-refractivity contribution < 1.29 is 4.74 Å². The van der Waals surface area contributed by atoms with Crippen molar-refractivity contribution in [3.8, 4) is 0 Å². The summed E-state index contributed by atoms with van der Waals surface area (Å²) in [6, 6.07) is 0. The molecule has 0 saturated carbocycles. The first-order valence-corrected chi connectivity index (χ1v) is 5.18. The standard InChI is InChI=1S/C8H11IN2O/c9-8-3-10-11(5-8)4-7-1-2-12-6-7/h3,5,7H,1-2,4,6H2/t7-/m0/s1. The molecule has 0 radical (unpaired) electrons. The number of hydrogen-bond donors (Lipinski definition) is 0. The van der Waals surface area contributed by atoms with Gasteiger partial charge in [0.1, 0.15) is 0 Å². The van der Waals surface area contributed by atoms with Crippen LogP contribution in [0.5, 0.6) is 0 Å². The zero-order chi connectivity index (χ0) is 8.39. The second-order valence-corrected chi connectivity index (χ2v) is 4.36. The Balaban J connectivity index is 1.94. The molecule has 1 aromatic heterocycles. The molecule has 1 saturated heterocycles. The first-order chi connectivity index (χ1) is 5.84. The normalized spacial score (nSPS) is 23.2. The highest BCUT2D eigenvalue weighted by Gasteiger charge is 2.16. The summed E-state index contributed by atoms with van der Waals surface area (Å²) in [6.45, 7) is 2.82. The van der Waals surface area contributed by atoms with E-state index in [1.165, 1.54) is 9.99 Å². The Morgan fingerprint density at radius 3 is 3.25 bits per heavy atom. The molecule has 1 aromatic rings. The number of ether oxygens (including phenoxy) is 1. The van der Waals surface area contributed by atoms with Gasteiger partial charge in [0.25, 0.3) is 0 Å². The molecule has 0 aromatic carbocycles. The highest BCUT2D eigenvalue weighted by molar-refractivity contribution is 14.1. The van der Waals surface area contributed by atoms with E-state index in [2.05, 4.69) is 33.9 Å². The molecular formula is C8H11IN2O. The lowest BCUT2D eigenvalue weighted by atomic mass is 10.1. The van der Waals surface area contributed by atoms with Crippen LogP contribution >= 0.6 is 22.6 Å². The Morgan fingerprint density at radius 2 is 2.67 bits per heavy atom. The highest BCUT2D eigenvalue weighted by Crippen LogP contribution is 2.14. The largest absolute Gasteiger partial charge is 0.381 e. The van der Waals surface area contributed by atoms with Crippen LogP contribution < -0.4 is 0 Å². The minimum absolute atomic E-state index is 0.667. The Kier molecular flexibility index (Phi) is 2.65. The summed E-state index contributed by atoms with van der Waals surface area (Å²) in [5.41, 5.74) is 0. The van der Waals surface area contributed by atoms with Crippen molar-refractivity contribution in [1.29, 1.82) is 0 Å². The molecule has 1 aliphatic heterocycles. The van der Waals surface area contributed by atoms with Crippen molar-refractivity contribution in [3.63, 3.8) is 0 Å². The fourth-order valence-electron chi connectivity index (χ4n) is 1.43. The van der Waals surface area contributed by atoms with Crippen LogP contribution in [0.15, 0.2) is 12.4 Å². The summed E-state index contributed by atoms with van der Waals surface area (Å²) >= 11 is 2.27. The lowest BCUT2D eigenvalue weighted by Gasteiger charge is -2.06. The second kappa shape index (κ2) is 3.74. The molecule has 4 heteroatoms. The SMILES string of the molecule is Ic1cnn(C[C@@H]2CCOC2)c1. The maximum absolute atomic E-state index is 5.29. The Morgan fingerprint density at radius 1 is 1.75 bits per heavy atom. The lowest BCUT2D eigenvalue weighted by molar-refractivity contribution is 0.181. The molecule has 0 spiro atoms. The first-order valence-electron chi connectivity index (χ1n) is 4.10. The van der Waals surface area contributed by atoms with Crippen LogP contribution in [0.1, 0.15) is 6.42 Å². The fraction of sp³-hybridized carbons (Fsp3) is 0.625. The van der Waals surface area contributed by atoms with Gasteiger partial charge < -0.3 is 4.74 Å². The van der Waals surface area contributed by atoms with Crippen molar-refractivity contribution in [2.45, 2.75) is 13.0 Å². The van der Waals surface area contributed by atoms with E-state index < -0.39 is 0 Å². The third-order valence-electron chi connectivity index (χ3n) is 2.07. The van der Waals surface area contributed by atoms with Crippen LogP contribution in [0.25, 0.3) is 0 Å². The number of hydrogen-bond acceptors (Lipinski definition) is 2. The average molecular weight is 278 g/mol. The number of nitrogens with zero attached hydrogens (tertiary/aromatic N) is 2. The fourth-order valence-corrected chi connectivity index (χ4v) is 1.88. The monoisotopic (exact) mass is 278 g/mol. The Bertz CT molecular complexity index is 255. The maximum atomic E-state index is 5.29. The molecule has 0 amide bonds. The van der Waals surface area contributed by atoms with E-state index in [9.17, 15) is 0 Å². The van der Waals surface area contributed by atoms with Gasteiger partial charge in [0, 0.05) is 25.3 Å². The second-order valence-electron chi connectivity index (χ2n) is 3.11. The van der Waals surface area contributed by atoms with Gasteiger partial charge in [-0.2, -0.15) is 5.10 Å². The zero-order valence-electron chi connectivity index (χ0n) is 6.74. The summed E-state index contributed by atoms with van der Waals surface area (Å²) in [6.07, 6.45) is 5.13. The van der Waals surface area contributed by atoms with Crippen LogP contribution in [0.2, 0.25) is 0 Å². The molecule has 0 aliphatic carbocycles. The summed E-state index contributed by atoms with van der Waals surface area (Å²) in [5, 5.41) is 4.23. The highest BCUT2D eigenvalue weighted by atomic mass is 127. The van der Waals surface area contributed by atoms with E-state index in [0.717, 1.165) is 19.8 Å². The van der Waals surface area contributed by atoms with Gasteiger partial charge in [-0.05, 0) is 29.0 Å². The third-order valence-corrected chi connectivity index (χ3v) is 2.63. The van der Waals surface area contributed by atoms with E-state index in [0.29, 0.717) is 5.92 Å². The van der Waals surface area contributed by atoms with Crippen LogP contribution in [-0.4, -0.2) is 23.0 Å². The number of halogens is 1. The quantitative estimate of drug-likeness (QED) is 0.767. The molecular weight excluding hydrogens is 267 g/mol. The molecule has 1 aliphatic rings. The molecule has 1 fully saturated rings. The van der Waals surface area contributed by atoms with Gasteiger partial charge in [0.2, 0.25) is 0 Å². The Labute approximate surface area is 85.2 Å². The van der Waals surface area contributed by atoms with E-state index in [4.69, 9.17) is 4.74 Å². The van der Waals surface area contributed by atoms with Gasteiger partial charge in [0.15, 0.2) is 0 Å².